The normalized spacial score (nSPS) is 25.1. The number of halogens is 2. The fourth-order valence-electron chi connectivity index (χ4n) is 3.73. The van der Waals surface area contributed by atoms with Gasteiger partial charge in [-0.2, -0.15) is 0 Å². The monoisotopic (exact) mass is 370 g/mol. The largest absolute Gasteiger partial charge is 0.311 e. The van der Waals surface area contributed by atoms with Gasteiger partial charge in [0.05, 0.1) is 0 Å². The van der Waals surface area contributed by atoms with E-state index in [0.717, 1.165) is 41.6 Å². The van der Waals surface area contributed by atoms with E-state index in [1.807, 2.05) is 6.07 Å². The van der Waals surface area contributed by atoms with Crippen LogP contribution in [-0.4, -0.2) is 30.6 Å². The van der Waals surface area contributed by atoms with Crippen molar-refractivity contribution in [1.29, 1.82) is 0 Å². The summed E-state index contributed by atoms with van der Waals surface area (Å²) >= 11 is 9.84. The Labute approximate surface area is 141 Å². The minimum atomic E-state index is 0.674. The Morgan fingerprint density at radius 1 is 1.24 bits per heavy atom. The molecular formula is C17H24BrClN2. The molecule has 2 nitrogen and oxygen atoms in total. The summed E-state index contributed by atoms with van der Waals surface area (Å²) in [6.45, 7) is 4.36. The number of rotatable bonds is 3. The van der Waals surface area contributed by atoms with Gasteiger partial charge in [0.1, 0.15) is 0 Å². The summed E-state index contributed by atoms with van der Waals surface area (Å²) < 4.78 is 1.05. The first-order chi connectivity index (χ1) is 10.2. The van der Waals surface area contributed by atoms with Crippen LogP contribution in [0.25, 0.3) is 0 Å². The molecule has 0 bridgehead atoms. The molecular weight excluding hydrogens is 348 g/mol. The Bertz CT molecular complexity index is 474. The highest BCUT2D eigenvalue weighted by molar-refractivity contribution is 9.10. The van der Waals surface area contributed by atoms with Gasteiger partial charge in [0.15, 0.2) is 0 Å². The third kappa shape index (κ3) is 4.22. The maximum atomic E-state index is 6.36. The van der Waals surface area contributed by atoms with Crippen LogP contribution < -0.4 is 5.32 Å². The number of hydrogen-bond donors (Lipinski definition) is 1. The van der Waals surface area contributed by atoms with E-state index in [-0.39, 0.29) is 0 Å². The minimum absolute atomic E-state index is 0.674. The van der Waals surface area contributed by atoms with Crippen molar-refractivity contribution in [3.05, 3.63) is 33.3 Å². The van der Waals surface area contributed by atoms with E-state index >= 15 is 0 Å². The Kier molecular flexibility index (Phi) is 5.60. The zero-order valence-electron chi connectivity index (χ0n) is 12.5. The van der Waals surface area contributed by atoms with Gasteiger partial charge >= 0.3 is 0 Å². The second kappa shape index (κ2) is 7.45. The summed E-state index contributed by atoms with van der Waals surface area (Å²) in [7, 11) is 0. The molecule has 1 heterocycles. The third-order valence-electron chi connectivity index (χ3n) is 4.92. The smallest absolute Gasteiger partial charge is 0.0462 e. The highest BCUT2D eigenvalue weighted by Crippen LogP contribution is 2.28. The molecule has 0 aromatic heterocycles. The molecule has 0 spiro atoms. The van der Waals surface area contributed by atoms with Gasteiger partial charge in [0, 0.05) is 41.7 Å². The van der Waals surface area contributed by atoms with Crippen molar-refractivity contribution in [3.8, 4) is 0 Å². The van der Waals surface area contributed by atoms with Crippen LogP contribution in [0.3, 0.4) is 0 Å². The summed E-state index contributed by atoms with van der Waals surface area (Å²) in [5.41, 5.74) is 1.24. The lowest BCUT2D eigenvalue weighted by Crippen LogP contribution is -2.53. The molecule has 2 aliphatic rings. The number of hydrogen-bond acceptors (Lipinski definition) is 2. The third-order valence-corrected chi connectivity index (χ3v) is 5.76. The summed E-state index contributed by atoms with van der Waals surface area (Å²) in [4.78, 5) is 2.56. The molecule has 4 heteroatoms. The van der Waals surface area contributed by atoms with Gasteiger partial charge < -0.3 is 5.32 Å². The average Bonchev–Trinajstić information content (AvgIpc) is 2.51. The van der Waals surface area contributed by atoms with Crippen molar-refractivity contribution in [3.63, 3.8) is 0 Å². The molecule has 1 saturated carbocycles. The molecule has 1 aromatic carbocycles. The van der Waals surface area contributed by atoms with Gasteiger partial charge in [-0.3, -0.25) is 4.90 Å². The average molecular weight is 372 g/mol. The molecule has 1 aromatic rings. The first-order valence-electron chi connectivity index (χ1n) is 8.12. The standard InChI is InChI=1S/C17H24BrClN2/c18-15-7-6-14(16(19)10-15)11-21-9-8-20-17(12-21)13-4-2-1-3-5-13/h6-7,10,13,17,20H,1-5,8-9,11-12H2. The Morgan fingerprint density at radius 2 is 2.05 bits per heavy atom. The lowest BCUT2D eigenvalue weighted by molar-refractivity contribution is 0.141. The summed E-state index contributed by atoms with van der Waals surface area (Å²) in [6, 6.07) is 6.90. The van der Waals surface area contributed by atoms with Crippen LogP contribution >= 0.6 is 27.5 Å². The molecule has 116 valence electrons. The number of nitrogens with zero attached hydrogens (tertiary/aromatic N) is 1. The van der Waals surface area contributed by atoms with Crippen molar-refractivity contribution in [2.45, 2.75) is 44.7 Å². The molecule has 2 fully saturated rings. The number of piperazine rings is 1. The topological polar surface area (TPSA) is 15.3 Å². The fraction of sp³-hybridized carbons (Fsp3) is 0.647. The van der Waals surface area contributed by atoms with E-state index < -0.39 is 0 Å². The number of benzene rings is 1. The van der Waals surface area contributed by atoms with E-state index in [1.54, 1.807) is 0 Å². The zero-order valence-corrected chi connectivity index (χ0v) is 14.8. The van der Waals surface area contributed by atoms with Gasteiger partial charge in [-0.25, -0.2) is 0 Å². The van der Waals surface area contributed by atoms with E-state index in [0.29, 0.717) is 6.04 Å². The first-order valence-corrected chi connectivity index (χ1v) is 9.29. The van der Waals surface area contributed by atoms with E-state index in [2.05, 4.69) is 38.3 Å². The maximum absolute atomic E-state index is 6.36. The molecule has 0 radical (unpaired) electrons. The van der Waals surface area contributed by atoms with Crippen molar-refractivity contribution in [2.75, 3.05) is 19.6 Å². The van der Waals surface area contributed by atoms with Crippen LogP contribution in [0.5, 0.6) is 0 Å². The Morgan fingerprint density at radius 3 is 2.81 bits per heavy atom. The van der Waals surface area contributed by atoms with Crippen LogP contribution in [0, 0.1) is 5.92 Å². The van der Waals surface area contributed by atoms with E-state index in [4.69, 9.17) is 11.6 Å². The molecule has 1 aliphatic carbocycles. The predicted molar refractivity (Wildman–Crippen MR) is 92.8 cm³/mol. The second-order valence-electron chi connectivity index (χ2n) is 6.43. The van der Waals surface area contributed by atoms with Gasteiger partial charge in [-0.1, -0.05) is 52.9 Å². The molecule has 1 aliphatic heterocycles. The van der Waals surface area contributed by atoms with Crippen LogP contribution in [0.4, 0.5) is 0 Å². The minimum Gasteiger partial charge on any atom is -0.311 e. The van der Waals surface area contributed by atoms with Crippen molar-refractivity contribution >= 4 is 27.5 Å². The van der Waals surface area contributed by atoms with Crippen LogP contribution in [0.15, 0.2) is 22.7 Å². The van der Waals surface area contributed by atoms with Crippen molar-refractivity contribution in [2.24, 2.45) is 5.92 Å². The molecule has 1 saturated heterocycles. The molecule has 21 heavy (non-hydrogen) atoms. The van der Waals surface area contributed by atoms with Gasteiger partial charge in [-0.15, -0.1) is 0 Å². The Hall–Kier alpha value is -0.0900. The van der Waals surface area contributed by atoms with Gasteiger partial charge in [0.2, 0.25) is 0 Å². The fourth-order valence-corrected chi connectivity index (χ4v) is 4.46. The Balaban J connectivity index is 1.60. The van der Waals surface area contributed by atoms with Crippen molar-refractivity contribution in [1.82, 2.24) is 10.2 Å². The molecule has 0 amide bonds. The summed E-state index contributed by atoms with van der Waals surface area (Å²) in [6.07, 6.45) is 7.08. The summed E-state index contributed by atoms with van der Waals surface area (Å²) in [5, 5.41) is 4.62. The molecule has 1 atom stereocenters. The van der Waals surface area contributed by atoms with Crippen LogP contribution in [0.2, 0.25) is 5.02 Å². The number of nitrogens with one attached hydrogen (secondary N) is 1. The van der Waals surface area contributed by atoms with E-state index in [1.165, 1.54) is 37.7 Å². The molecule has 1 unspecified atom stereocenters. The van der Waals surface area contributed by atoms with Crippen molar-refractivity contribution < 1.29 is 0 Å². The van der Waals surface area contributed by atoms with Crippen LogP contribution in [0.1, 0.15) is 37.7 Å². The summed E-state index contributed by atoms with van der Waals surface area (Å²) in [5.74, 6) is 0.877. The zero-order chi connectivity index (χ0) is 14.7. The maximum Gasteiger partial charge on any atom is 0.0462 e. The van der Waals surface area contributed by atoms with E-state index in [9.17, 15) is 0 Å². The SMILES string of the molecule is Clc1cc(Br)ccc1CN1CCNC(C2CCCCC2)C1. The first kappa shape index (κ1) is 15.8. The second-order valence-corrected chi connectivity index (χ2v) is 7.75. The molecule has 3 rings (SSSR count). The quantitative estimate of drug-likeness (QED) is 0.844. The van der Waals surface area contributed by atoms with Crippen LogP contribution in [-0.2, 0) is 6.54 Å². The predicted octanol–water partition coefficient (Wildman–Crippen LogP) is 4.46. The van der Waals surface area contributed by atoms with Gasteiger partial charge in [0.25, 0.3) is 0 Å². The highest BCUT2D eigenvalue weighted by Gasteiger charge is 2.28. The lowest BCUT2D eigenvalue weighted by Gasteiger charge is -2.39. The highest BCUT2D eigenvalue weighted by atomic mass is 79.9. The lowest BCUT2D eigenvalue weighted by atomic mass is 9.83. The van der Waals surface area contributed by atoms with Gasteiger partial charge in [-0.05, 0) is 36.5 Å². The molecule has 1 N–H and O–H groups in total.